The molecule has 3 aromatic carbocycles. The van der Waals surface area contributed by atoms with Gasteiger partial charge in [-0.3, -0.25) is 4.79 Å². The molecule has 1 amide bonds. The first-order valence-electron chi connectivity index (χ1n) is 9.41. The lowest BCUT2D eigenvalue weighted by Gasteiger charge is -2.17. The summed E-state index contributed by atoms with van der Waals surface area (Å²) in [5.74, 6) is -0.235. The Morgan fingerprint density at radius 1 is 0.867 bits per heavy atom. The molecule has 3 aromatic rings. The van der Waals surface area contributed by atoms with Crippen molar-refractivity contribution >= 4 is 17.6 Å². The summed E-state index contributed by atoms with van der Waals surface area (Å²) < 4.78 is 15.7. The van der Waals surface area contributed by atoms with Gasteiger partial charge in [-0.25, -0.2) is 4.79 Å². The van der Waals surface area contributed by atoms with Crippen LogP contribution < -0.4 is 14.8 Å². The maximum Gasteiger partial charge on any atom is 0.342 e. The zero-order valence-electron chi connectivity index (χ0n) is 17.0. The Balaban J connectivity index is 1.73. The summed E-state index contributed by atoms with van der Waals surface area (Å²) in [6, 6.07) is 21.9. The third-order valence-electron chi connectivity index (χ3n) is 4.55. The minimum Gasteiger partial charge on any atom is -0.497 e. The molecule has 0 spiro atoms. The van der Waals surface area contributed by atoms with Crippen molar-refractivity contribution in [1.29, 1.82) is 0 Å². The van der Waals surface area contributed by atoms with E-state index in [-0.39, 0.29) is 5.56 Å². The maximum atomic E-state index is 12.7. The van der Waals surface area contributed by atoms with E-state index in [1.165, 1.54) is 27.2 Å². The molecule has 1 atom stereocenters. The average Bonchev–Trinajstić information content (AvgIpc) is 2.79. The molecule has 0 bridgehead atoms. The Hall–Kier alpha value is -3.80. The van der Waals surface area contributed by atoms with E-state index in [2.05, 4.69) is 5.32 Å². The molecule has 0 fully saturated rings. The van der Waals surface area contributed by atoms with Crippen molar-refractivity contribution in [3.05, 3.63) is 78.4 Å². The second-order valence-corrected chi connectivity index (χ2v) is 6.51. The van der Waals surface area contributed by atoms with Crippen LogP contribution in [-0.4, -0.2) is 32.2 Å². The van der Waals surface area contributed by atoms with Gasteiger partial charge in [0, 0.05) is 17.3 Å². The summed E-state index contributed by atoms with van der Waals surface area (Å²) in [5, 5.41) is 2.85. The van der Waals surface area contributed by atoms with E-state index in [0.29, 0.717) is 17.2 Å². The second kappa shape index (κ2) is 9.60. The lowest BCUT2D eigenvalue weighted by Crippen LogP contribution is -2.30. The number of anilines is 1. The Morgan fingerprint density at radius 3 is 2.27 bits per heavy atom. The number of rotatable bonds is 7. The van der Waals surface area contributed by atoms with Gasteiger partial charge in [-0.2, -0.15) is 0 Å². The van der Waals surface area contributed by atoms with Gasteiger partial charge in [0.05, 0.1) is 14.2 Å². The van der Waals surface area contributed by atoms with Crippen LogP contribution in [0.5, 0.6) is 11.5 Å². The van der Waals surface area contributed by atoms with Gasteiger partial charge >= 0.3 is 5.97 Å². The van der Waals surface area contributed by atoms with Crippen molar-refractivity contribution in [2.45, 2.75) is 13.0 Å². The molecule has 0 unspecified atom stereocenters. The number of nitrogens with one attached hydrogen (secondary N) is 1. The fraction of sp³-hybridized carbons (Fsp3) is 0.167. The molecule has 0 aliphatic rings. The van der Waals surface area contributed by atoms with Crippen LogP contribution >= 0.6 is 0 Å². The summed E-state index contributed by atoms with van der Waals surface area (Å²) in [6.45, 7) is 1.52. The minimum absolute atomic E-state index is 0.211. The predicted octanol–water partition coefficient (Wildman–Crippen LogP) is 4.55. The van der Waals surface area contributed by atoms with E-state index in [1.807, 2.05) is 48.5 Å². The lowest BCUT2D eigenvalue weighted by molar-refractivity contribution is -0.123. The largest absolute Gasteiger partial charge is 0.497 e. The lowest BCUT2D eigenvalue weighted by atomic mass is 10.0. The van der Waals surface area contributed by atoms with Gasteiger partial charge in [0.1, 0.15) is 17.1 Å². The fourth-order valence-electron chi connectivity index (χ4n) is 2.94. The number of carbonyl (C=O) groups excluding carboxylic acids is 2. The van der Waals surface area contributed by atoms with E-state index in [9.17, 15) is 9.59 Å². The highest BCUT2D eigenvalue weighted by Gasteiger charge is 2.22. The number of hydrogen-bond donors (Lipinski definition) is 1. The molecule has 0 heterocycles. The number of hydrogen-bond acceptors (Lipinski definition) is 5. The molecule has 30 heavy (non-hydrogen) atoms. The van der Waals surface area contributed by atoms with Gasteiger partial charge in [0.2, 0.25) is 0 Å². The quantitative estimate of drug-likeness (QED) is 0.584. The highest BCUT2D eigenvalue weighted by atomic mass is 16.5. The molecule has 0 radical (unpaired) electrons. The van der Waals surface area contributed by atoms with Gasteiger partial charge in [-0.15, -0.1) is 0 Å². The third-order valence-corrected chi connectivity index (χ3v) is 4.55. The Kier molecular flexibility index (Phi) is 6.70. The van der Waals surface area contributed by atoms with E-state index < -0.39 is 18.0 Å². The van der Waals surface area contributed by atoms with Gasteiger partial charge in [-0.1, -0.05) is 48.5 Å². The van der Waals surface area contributed by atoms with Gasteiger partial charge in [0.15, 0.2) is 6.10 Å². The Labute approximate surface area is 175 Å². The second-order valence-electron chi connectivity index (χ2n) is 6.51. The van der Waals surface area contributed by atoms with E-state index in [0.717, 1.165) is 11.1 Å². The number of para-hydroxylation sites is 1. The van der Waals surface area contributed by atoms with Crippen molar-refractivity contribution in [1.82, 2.24) is 0 Å². The van der Waals surface area contributed by atoms with E-state index in [1.54, 1.807) is 18.2 Å². The van der Waals surface area contributed by atoms with E-state index in [4.69, 9.17) is 14.2 Å². The molecule has 0 aromatic heterocycles. The summed E-state index contributed by atoms with van der Waals surface area (Å²) in [5.41, 5.74) is 2.70. The molecule has 1 N–H and O–H groups in total. The van der Waals surface area contributed by atoms with Gasteiger partial charge < -0.3 is 19.5 Å². The topological polar surface area (TPSA) is 73.9 Å². The van der Waals surface area contributed by atoms with Crippen LogP contribution in [-0.2, 0) is 9.53 Å². The number of methoxy groups -OCH3 is 2. The number of ether oxygens (including phenoxy) is 3. The van der Waals surface area contributed by atoms with Crippen molar-refractivity contribution in [3.63, 3.8) is 0 Å². The molecule has 0 saturated heterocycles. The SMILES string of the molecule is COc1ccc(C(=O)O[C@@H](C)C(=O)Nc2ccccc2-c2ccccc2)c(OC)c1. The summed E-state index contributed by atoms with van der Waals surface area (Å²) in [7, 11) is 2.97. The van der Waals surface area contributed by atoms with Crippen LogP contribution in [0.2, 0.25) is 0 Å². The van der Waals surface area contributed by atoms with E-state index >= 15 is 0 Å². The van der Waals surface area contributed by atoms with Crippen LogP contribution in [0.15, 0.2) is 72.8 Å². The molecule has 6 nitrogen and oxygen atoms in total. The monoisotopic (exact) mass is 405 g/mol. The summed E-state index contributed by atoms with van der Waals surface area (Å²) in [4.78, 5) is 25.2. The first kappa shape index (κ1) is 20.9. The van der Waals surface area contributed by atoms with Crippen LogP contribution in [0.1, 0.15) is 17.3 Å². The van der Waals surface area contributed by atoms with Crippen LogP contribution in [0, 0.1) is 0 Å². The molecule has 0 aliphatic carbocycles. The van der Waals surface area contributed by atoms with Gasteiger partial charge in [0.25, 0.3) is 5.91 Å². The zero-order valence-corrected chi connectivity index (χ0v) is 17.0. The molecule has 0 saturated carbocycles. The normalized spacial score (nSPS) is 11.3. The molecule has 154 valence electrons. The molecule has 0 aliphatic heterocycles. The van der Waals surface area contributed by atoms with Crippen LogP contribution in [0.3, 0.4) is 0 Å². The maximum absolute atomic E-state index is 12.7. The highest BCUT2D eigenvalue weighted by Crippen LogP contribution is 2.28. The van der Waals surface area contributed by atoms with Gasteiger partial charge in [-0.05, 0) is 30.7 Å². The Morgan fingerprint density at radius 2 is 1.57 bits per heavy atom. The zero-order chi connectivity index (χ0) is 21.5. The smallest absolute Gasteiger partial charge is 0.342 e. The number of carbonyl (C=O) groups is 2. The Bertz CT molecular complexity index is 1030. The third kappa shape index (κ3) is 4.78. The highest BCUT2D eigenvalue weighted by molar-refractivity contribution is 6.00. The summed E-state index contributed by atoms with van der Waals surface area (Å²) in [6.07, 6.45) is -1.01. The van der Waals surface area contributed by atoms with Crippen LogP contribution in [0.25, 0.3) is 11.1 Å². The van der Waals surface area contributed by atoms with Crippen molar-refractivity contribution in [2.75, 3.05) is 19.5 Å². The summed E-state index contributed by atoms with van der Waals surface area (Å²) >= 11 is 0. The fourth-order valence-corrected chi connectivity index (χ4v) is 2.94. The van der Waals surface area contributed by atoms with Crippen LogP contribution in [0.4, 0.5) is 5.69 Å². The molecular formula is C24H23NO5. The molecule has 3 rings (SSSR count). The number of esters is 1. The van der Waals surface area contributed by atoms with Crippen molar-refractivity contribution < 1.29 is 23.8 Å². The van der Waals surface area contributed by atoms with Crippen molar-refractivity contribution in [3.8, 4) is 22.6 Å². The minimum atomic E-state index is -1.01. The molecular weight excluding hydrogens is 382 g/mol. The predicted molar refractivity (Wildman–Crippen MR) is 115 cm³/mol. The van der Waals surface area contributed by atoms with Crippen molar-refractivity contribution in [2.24, 2.45) is 0 Å². The first-order chi connectivity index (χ1) is 14.5. The standard InChI is InChI=1S/C24H23NO5/c1-16(30-24(27)20-14-13-18(28-2)15-22(20)29-3)23(26)25-21-12-8-7-11-19(21)17-9-5-4-6-10-17/h4-16H,1-3H3,(H,25,26)/t16-/m0/s1. The molecule has 6 heteroatoms. The number of benzene rings is 3. The average molecular weight is 405 g/mol. The number of amides is 1. The first-order valence-corrected chi connectivity index (χ1v) is 9.41.